The maximum atomic E-state index is 5.22. The van der Waals surface area contributed by atoms with Crippen LogP contribution in [0.4, 0.5) is 0 Å². The lowest BCUT2D eigenvalue weighted by Gasteiger charge is -2.24. The number of thioether (sulfide) groups is 1. The number of hydrogen-bond donors (Lipinski definition) is 0. The standard InChI is InChI=1S/C8H17NS2/c1-6(2)9(5)8(10)11-7(3)4/h6-7H,1-5H3. The first-order valence-corrected chi connectivity index (χ1v) is 5.17. The Hall–Kier alpha value is 0.240. The molecule has 0 radical (unpaired) electrons. The number of hydrogen-bond acceptors (Lipinski definition) is 2. The second-order valence-corrected chi connectivity index (χ2v) is 5.35. The van der Waals surface area contributed by atoms with Gasteiger partial charge in [0.05, 0.1) is 0 Å². The van der Waals surface area contributed by atoms with Gasteiger partial charge in [-0.3, -0.25) is 0 Å². The summed E-state index contributed by atoms with van der Waals surface area (Å²) in [6.07, 6.45) is 0. The van der Waals surface area contributed by atoms with Crippen LogP contribution in [-0.4, -0.2) is 27.6 Å². The van der Waals surface area contributed by atoms with E-state index < -0.39 is 0 Å². The summed E-state index contributed by atoms with van der Waals surface area (Å²) in [6.45, 7) is 8.61. The van der Waals surface area contributed by atoms with Gasteiger partial charge in [0.1, 0.15) is 4.32 Å². The van der Waals surface area contributed by atoms with Gasteiger partial charge in [-0.05, 0) is 13.8 Å². The molecule has 0 atom stereocenters. The maximum absolute atomic E-state index is 5.22. The Kier molecular flexibility index (Phi) is 5.10. The molecule has 0 fully saturated rings. The fourth-order valence-electron chi connectivity index (χ4n) is 0.496. The predicted molar refractivity (Wildman–Crippen MR) is 58.2 cm³/mol. The van der Waals surface area contributed by atoms with Crippen LogP contribution in [0.1, 0.15) is 27.7 Å². The smallest absolute Gasteiger partial charge is 0.136 e. The average Bonchev–Trinajstić information content (AvgIpc) is 1.84. The first-order chi connectivity index (χ1) is 4.95. The number of nitrogens with zero attached hydrogens (tertiary/aromatic N) is 1. The van der Waals surface area contributed by atoms with Crippen LogP contribution in [0.5, 0.6) is 0 Å². The molecule has 0 bridgehead atoms. The van der Waals surface area contributed by atoms with Gasteiger partial charge in [0.2, 0.25) is 0 Å². The highest BCUT2D eigenvalue weighted by Crippen LogP contribution is 2.15. The Morgan fingerprint density at radius 1 is 1.27 bits per heavy atom. The molecule has 0 saturated carbocycles. The highest BCUT2D eigenvalue weighted by Gasteiger charge is 2.09. The van der Waals surface area contributed by atoms with E-state index in [0.717, 1.165) is 4.32 Å². The van der Waals surface area contributed by atoms with Crippen LogP contribution < -0.4 is 0 Å². The van der Waals surface area contributed by atoms with Crippen LogP contribution in [0.25, 0.3) is 0 Å². The number of rotatable bonds is 2. The van der Waals surface area contributed by atoms with Crippen LogP contribution in [0.15, 0.2) is 0 Å². The Morgan fingerprint density at radius 3 is 2.00 bits per heavy atom. The molecule has 0 unspecified atom stereocenters. The molecule has 0 rings (SSSR count). The van der Waals surface area contributed by atoms with Gasteiger partial charge in [-0.25, -0.2) is 0 Å². The first kappa shape index (κ1) is 11.2. The fourth-order valence-corrected chi connectivity index (χ4v) is 2.06. The van der Waals surface area contributed by atoms with E-state index in [1.807, 2.05) is 7.05 Å². The monoisotopic (exact) mass is 191 g/mol. The van der Waals surface area contributed by atoms with E-state index in [0.29, 0.717) is 11.3 Å². The molecule has 0 aliphatic rings. The van der Waals surface area contributed by atoms with E-state index in [4.69, 9.17) is 12.2 Å². The van der Waals surface area contributed by atoms with Crippen molar-refractivity contribution in [3.8, 4) is 0 Å². The Labute approximate surface area is 79.5 Å². The van der Waals surface area contributed by atoms with E-state index in [9.17, 15) is 0 Å². The van der Waals surface area contributed by atoms with Crippen LogP contribution in [0.2, 0.25) is 0 Å². The first-order valence-electron chi connectivity index (χ1n) is 3.88. The van der Waals surface area contributed by atoms with Crippen LogP contribution >= 0.6 is 24.0 Å². The van der Waals surface area contributed by atoms with Gasteiger partial charge in [-0.1, -0.05) is 37.8 Å². The lowest BCUT2D eigenvalue weighted by molar-refractivity contribution is 0.431. The maximum Gasteiger partial charge on any atom is 0.136 e. The topological polar surface area (TPSA) is 3.24 Å². The summed E-state index contributed by atoms with van der Waals surface area (Å²) in [7, 11) is 2.04. The minimum absolute atomic E-state index is 0.508. The minimum Gasteiger partial charge on any atom is -0.358 e. The molecule has 0 aromatic carbocycles. The van der Waals surface area contributed by atoms with Crippen molar-refractivity contribution in [1.29, 1.82) is 0 Å². The van der Waals surface area contributed by atoms with Gasteiger partial charge < -0.3 is 4.90 Å². The molecule has 0 aliphatic carbocycles. The molecule has 0 spiro atoms. The number of thiocarbonyl (C=S) groups is 1. The highest BCUT2D eigenvalue weighted by molar-refractivity contribution is 8.23. The normalized spacial score (nSPS) is 10.8. The molecule has 3 heteroatoms. The Morgan fingerprint density at radius 2 is 1.73 bits per heavy atom. The summed E-state index contributed by atoms with van der Waals surface area (Å²) in [4.78, 5) is 2.12. The van der Waals surface area contributed by atoms with Gasteiger partial charge in [-0.2, -0.15) is 0 Å². The molecule has 0 aromatic heterocycles. The molecule has 0 amide bonds. The van der Waals surface area contributed by atoms with E-state index in [1.165, 1.54) is 0 Å². The van der Waals surface area contributed by atoms with Crippen molar-refractivity contribution in [2.45, 2.75) is 39.0 Å². The van der Waals surface area contributed by atoms with Crippen molar-refractivity contribution in [1.82, 2.24) is 4.90 Å². The van der Waals surface area contributed by atoms with E-state index in [-0.39, 0.29) is 0 Å². The van der Waals surface area contributed by atoms with Gasteiger partial charge in [0.25, 0.3) is 0 Å². The molecule has 0 aliphatic heterocycles. The Bertz CT molecular complexity index is 132. The highest BCUT2D eigenvalue weighted by atomic mass is 32.2. The molecule has 0 saturated heterocycles. The molecule has 66 valence electrons. The quantitative estimate of drug-likeness (QED) is 0.618. The zero-order valence-corrected chi connectivity index (χ0v) is 9.55. The summed E-state index contributed by atoms with van der Waals surface area (Å²) in [6, 6.07) is 0.508. The molecule has 0 heterocycles. The van der Waals surface area contributed by atoms with E-state index >= 15 is 0 Å². The second-order valence-electron chi connectivity index (χ2n) is 3.14. The Balaban J connectivity index is 3.83. The molecular formula is C8H17NS2. The van der Waals surface area contributed by atoms with Crippen molar-refractivity contribution in [3.05, 3.63) is 0 Å². The lowest BCUT2D eigenvalue weighted by atomic mass is 10.4. The van der Waals surface area contributed by atoms with Crippen molar-refractivity contribution >= 4 is 28.3 Å². The molecular weight excluding hydrogens is 174 g/mol. The third-order valence-corrected chi connectivity index (χ3v) is 2.94. The van der Waals surface area contributed by atoms with Crippen molar-refractivity contribution < 1.29 is 0 Å². The van der Waals surface area contributed by atoms with Crippen LogP contribution in [0, 0.1) is 0 Å². The zero-order chi connectivity index (χ0) is 9.02. The summed E-state index contributed by atoms with van der Waals surface area (Å²) < 4.78 is 0.995. The molecule has 0 N–H and O–H groups in total. The van der Waals surface area contributed by atoms with Gasteiger partial charge >= 0.3 is 0 Å². The summed E-state index contributed by atoms with van der Waals surface area (Å²) >= 11 is 6.97. The van der Waals surface area contributed by atoms with Crippen molar-refractivity contribution in [2.75, 3.05) is 7.05 Å². The summed E-state index contributed by atoms with van der Waals surface area (Å²) in [5, 5.41) is 0.587. The second kappa shape index (κ2) is 4.99. The van der Waals surface area contributed by atoms with Crippen LogP contribution in [0.3, 0.4) is 0 Å². The van der Waals surface area contributed by atoms with Crippen molar-refractivity contribution in [3.63, 3.8) is 0 Å². The van der Waals surface area contributed by atoms with Gasteiger partial charge in [0.15, 0.2) is 0 Å². The van der Waals surface area contributed by atoms with Crippen molar-refractivity contribution in [2.24, 2.45) is 0 Å². The fraction of sp³-hybridized carbons (Fsp3) is 0.875. The SMILES string of the molecule is CC(C)SC(=S)N(C)C(C)C. The minimum atomic E-state index is 0.508. The average molecular weight is 191 g/mol. The van der Waals surface area contributed by atoms with Crippen LogP contribution in [-0.2, 0) is 0 Å². The molecule has 0 aromatic rings. The van der Waals surface area contributed by atoms with Gasteiger partial charge in [-0.15, -0.1) is 0 Å². The summed E-state index contributed by atoms with van der Waals surface area (Å²) in [5.74, 6) is 0. The third kappa shape index (κ3) is 4.64. The molecule has 1 nitrogen and oxygen atoms in total. The summed E-state index contributed by atoms with van der Waals surface area (Å²) in [5.41, 5.74) is 0. The lowest BCUT2D eigenvalue weighted by Crippen LogP contribution is -2.30. The third-order valence-electron chi connectivity index (χ3n) is 1.40. The predicted octanol–water partition coefficient (Wildman–Crippen LogP) is 2.75. The zero-order valence-electron chi connectivity index (χ0n) is 7.92. The van der Waals surface area contributed by atoms with E-state index in [2.05, 4.69) is 32.6 Å². The van der Waals surface area contributed by atoms with Gasteiger partial charge in [0, 0.05) is 18.3 Å². The largest absolute Gasteiger partial charge is 0.358 e. The van der Waals surface area contributed by atoms with E-state index in [1.54, 1.807) is 11.8 Å². The molecule has 11 heavy (non-hydrogen) atoms.